The Kier molecular flexibility index (Phi) is 4.77. The summed E-state index contributed by atoms with van der Waals surface area (Å²) in [6.45, 7) is 0.922. The summed E-state index contributed by atoms with van der Waals surface area (Å²) in [6.07, 6.45) is 1.26. The van der Waals surface area contributed by atoms with E-state index in [4.69, 9.17) is 10.8 Å². The number of carbonyl (C=O) groups is 2. The molecule has 20 heavy (non-hydrogen) atoms. The van der Waals surface area contributed by atoms with Crippen LogP contribution in [0.3, 0.4) is 0 Å². The van der Waals surface area contributed by atoms with Gasteiger partial charge in [0.2, 0.25) is 5.91 Å². The molecule has 0 spiro atoms. The molecule has 1 aromatic heterocycles. The van der Waals surface area contributed by atoms with Gasteiger partial charge in [-0.25, -0.2) is 0 Å². The van der Waals surface area contributed by atoms with Crippen molar-refractivity contribution in [2.24, 2.45) is 11.7 Å². The van der Waals surface area contributed by atoms with Gasteiger partial charge in [0.1, 0.15) is 6.61 Å². The van der Waals surface area contributed by atoms with Crippen molar-refractivity contribution >= 4 is 23.2 Å². The number of hydrogen-bond donors (Lipinski definition) is 2. The molecule has 3 N–H and O–H groups in total. The lowest BCUT2D eigenvalue weighted by molar-refractivity contribution is -0.123. The molecule has 0 radical (unpaired) electrons. The van der Waals surface area contributed by atoms with E-state index >= 15 is 0 Å². The second-order valence-electron chi connectivity index (χ2n) is 4.59. The van der Waals surface area contributed by atoms with Crippen LogP contribution in [0.15, 0.2) is 12.1 Å². The first-order chi connectivity index (χ1) is 9.61. The summed E-state index contributed by atoms with van der Waals surface area (Å²) in [7, 11) is 0. The molecule has 1 fully saturated rings. The van der Waals surface area contributed by atoms with E-state index in [-0.39, 0.29) is 24.3 Å². The van der Waals surface area contributed by atoms with Gasteiger partial charge in [-0.2, -0.15) is 0 Å². The zero-order valence-electron chi connectivity index (χ0n) is 11.0. The number of thiophene rings is 1. The summed E-state index contributed by atoms with van der Waals surface area (Å²) >= 11 is 1.31. The number of nitrogens with two attached hydrogens (primary N) is 1. The summed E-state index contributed by atoms with van der Waals surface area (Å²) in [5.41, 5.74) is 5.27. The highest BCUT2D eigenvalue weighted by Crippen LogP contribution is 2.22. The molecule has 0 unspecified atom stereocenters. The minimum atomic E-state index is -0.283. The van der Waals surface area contributed by atoms with Crippen LogP contribution in [-0.4, -0.2) is 41.5 Å². The average Bonchev–Trinajstić information content (AvgIpc) is 2.93. The van der Waals surface area contributed by atoms with Crippen LogP contribution in [0.2, 0.25) is 0 Å². The van der Waals surface area contributed by atoms with Crippen LogP contribution in [-0.2, 0) is 4.79 Å². The third-order valence-corrected chi connectivity index (χ3v) is 4.28. The summed E-state index contributed by atoms with van der Waals surface area (Å²) in [4.78, 5) is 26.5. The average molecular weight is 292 g/mol. The summed E-state index contributed by atoms with van der Waals surface area (Å²) in [6, 6.07) is 3.52. The molecule has 1 aliphatic heterocycles. The molecule has 0 saturated carbocycles. The van der Waals surface area contributed by atoms with E-state index in [2.05, 4.69) is 11.8 Å². The predicted octanol–water partition coefficient (Wildman–Crippen LogP) is 0.429. The van der Waals surface area contributed by atoms with Crippen molar-refractivity contribution in [2.75, 3.05) is 19.7 Å². The van der Waals surface area contributed by atoms with Crippen molar-refractivity contribution in [2.45, 2.75) is 12.8 Å². The van der Waals surface area contributed by atoms with Crippen LogP contribution in [0.25, 0.3) is 0 Å². The van der Waals surface area contributed by atoms with E-state index in [0.29, 0.717) is 30.8 Å². The molecule has 6 heteroatoms. The Bertz CT molecular complexity index is 562. The zero-order chi connectivity index (χ0) is 14.5. The van der Waals surface area contributed by atoms with Gasteiger partial charge in [-0.05, 0) is 25.0 Å². The van der Waals surface area contributed by atoms with Crippen molar-refractivity contribution in [3.63, 3.8) is 0 Å². The van der Waals surface area contributed by atoms with E-state index < -0.39 is 0 Å². The minimum Gasteiger partial charge on any atom is -0.384 e. The van der Waals surface area contributed by atoms with Crippen molar-refractivity contribution in [1.29, 1.82) is 0 Å². The van der Waals surface area contributed by atoms with Gasteiger partial charge in [0, 0.05) is 19.0 Å². The Morgan fingerprint density at radius 3 is 2.70 bits per heavy atom. The Balaban J connectivity index is 1.98. The van der Waals surface area contributed by atoms with Crippen LogP contribution < -0.4 is 5.73 Å². The lowest BCUT2D eigenvalue weighted by Crippen LogP contribution is -2.41. The van der Waals surface area contributed by atoms with Gasteiger partial charge in [-0.3, -0.25) is 9.59 Å². The lowest BCUT2D eigenvalue weighted by Gasteiger charge is -2.30. The summed E-state index contributed by atoms with van der Waals surface area (Å²) in [5.74, 6) is 4.90. The number of piperidine rings is 1. The Morgan fingerprint density at radius 2 is 2.10 bits per heavy atom. The molecule has 2 rings (SSSR count). The molecule has 2 amide bonds. The fourth-order valence-corrected chi connectivity index (χ4v) is 3.02. The number of hydrogen-bond acceptors (Lipinski definition) is 4. The van der Waals surface area contributed by atoms with E-state index in [1.54, 1.807) is 17.0 Å². The summed E-state index contributed by atoms with van der Waals surface area (Å²) in [5, 5.41) is 8.64. The number of rotatable bonds is 2. The van der Waals surface area contributed by atoms with Gasteiger partial charge in [0.15, 0.2) is 0 Å². The first-order valence-electron chi connectivity index (χ1n) is 6.40. The van der Waals surface area contributed by atoms with Crippen molar-refractivity contribution < 1.29 is 14.7 Å². The molecule has 1 aromatic rings. The number of likely N-dealkylation sites (tertiary alicyclic amines) is 1. The largest absolute Gasteiger partial charge is 0.384 e. The van der Waals surface area contributed by atoms with Crippen molar-refractivity contribution in [3.8, 4) is 11.8 Å². The van der Waals surface area contributed by atoms with Gasteiger partial charge >= 0.3 is 0 Å². The van der Waals surface area contributed by atoms with Crippen molar-refractivity contribution in [3.05, 3.63) is 21.9 Å². The number of nitrogens with zero attached hydrogens (tertiary/aromatic N) is 1. The molecule has 1 saturated heterocycles. The zero-order valence-corrected chi connectivity index (χ0v) is 11.8. The smallest absolute Gasteiger partial charge is 0.263 e. The second-order valence-corrected chi connectivity index (χ2v) is 5.68. The maximum absolute atomic E-state index is 12.3. The molecule has 0 aliphatic carbocycles. The maximum atomic E-state index is 12.3. The molecule has 2 heterocycles. The molecular weight excluding hydrogens is 276 g/mol. The first kappa shape index (κ1) is 14.6. The second kappa shape index (κ2) is 6.55. The van der Waals surface area contributed by atoms with Crippen LogP contribution >= 0.6 is 11.3 Å². The van der Waals surface area contributed by atoms with Gasteiger partial charge in [-0.15, -0.1) is 11.3 Å². The highest BCUT2D eigenvalue weighted by Gasteiger charge is 2.26. The fraction of sp³-hybridized carbons (Fsp3) is 0.429. The normalized spacial score (nSPS) is 15.6. The Labute approximate surface area is 121 Å². The molecule has 1 aliphatic rings. The highest BCUT2D eigenvalue weighted by molar-refractivity contribution is 7.14. The summed E-state index contributed by atoms with van der Waals surface area (Å²) < 4.78 is 0. The highest BCUT2D eigenvalue weighted by atomic mass is 32.1. The third kappa shape index (κ3) is 3.38. The number of amides is 2. The third-order valence-electron chi connectivity index (χ3n) is 3.29. The molecular formula is C14H16N2O3S. The molecule has 0 aromatic carbocycles. The van der Waals surface area contributed by atoms with E-state index in [9.17, 15) is 9.59 Å². The number of primary amides is 1. The lowest BCUT2D eigenvalue weighted by atomic mass is 9.96. The fourth-order valence-electron chi connectivity index (χ4n) is 2.17. The van der Waals surface area contributed by atoms with Crippen LogP contribution in [0, 0.1) is 17.8 Å². The predicted molar refractivity (Wildman–Crippen MR) is 76.1 cm³/mol. The van der Waals surface area contributed by atoms with Crippen LogP contribution in [0.4, 0.5) is 0 Å². The van der Waals surface area contributed by atoms with Crippen molar-refractivity contribution in [1.82, 2.24) is 4.90 Å². The topological polar surface area (TPSA) is 83.6 Å². The van der Waals surface area contributed by atoms with Crippen LogP contribution in [0.1, 0.15) is 27.4 Å². The van der Waals surface area contributed by atoms with Crippen LogP contribution in [0.5, 0.6) is 0 Å². The monoisotopic (exact) mass is 292 g/mol. The minimum absolute atomic E-state index is 0.0324. The van der Waals surface area contributed by atoms with Gasteiger partial charge in [0.05, 0.1) is 9.75 Å². The number of aliphatic hydroxyl groups is 1. The maximum Gasteiger partial charge on any atom is 0.263 e. The van der Waals surface area contributed by atoms with Gasteiger partial charge < -0.3 is 15.7 Å². The standard InChI is InChI=1S/C14H16N2O3S/c15-13(18)10-5-7-16(8-6-10)14(19)12-4-3-11(20-12)2-1-9-17/h3-4,10,17H,5-9H2,(H2,15,18). The Morgan fingerprint density at radius 1 is 1.40 bits per heavy atom. The van der Waals surface area contributed by atoms with E-state index in [1.807, 2.05) is 0 Å². The number of carbonyl (C=O) groups excluding carboxylic acids is 2. The molecule has 0 bridgehead atoms. The SMILES string of the molecule is NC(=O)C1CCN(C(=O)c2ccc(C#CCO)s2)CC1. The van der Waals surface area contributed by atoms with E-state index in [0.717, 1.165) is 4.88 Å². The van der Waals surface area contributed by atoms with Gasteiger partial charge in [0.25, 0.3) is 5.91 Å². The number of aliphatic hydroxyl groups excluding tert-OH is 1. The quantitative estimate of drug-likeness (QED) is 0.775. The first-order valence-corrected chi connectivity index (χ1v) is 7.21. The molecule has 106 valence electrons. The van der Waals surface area contributed by atoms with Gasteiger partial charge in [-0.1, -0.05) is 11.8 Å². The van der Waals surface area contributed by atoms with E-state index in [1.165, 1.54) is 11.3 Å². The Hall–Kier alpha value is -1.84. The molecule has 5 nitrogen and oxygen atoms in total. The molecule has 0 atom stereocenters.